The number of carboxylic acids is 1. The van der Waals surface area contributed by atoms with Gasteiger partial charge < -0.3 is 15.3 Å². The first-order valence-corrected chi connectivity index (χ1v) is 5.61. The van der Waals surface area contributed by atoms with Crippen LogP contribution in [0.15, 0.2) is 18.2 Å². The molecule has 0 spiro atoms. The van der Waals surface area contributed by atoms with E-state index in [9.17, 15) is 15.0 Å². The summed E-state index contributed by atoms with van der Waals surface area (Å²) < 4.78 is 0. The molecule has 0 aliphatic heterocycles. The molecule has 1 aromatic carbocycles. The zero-order valence-corrected chi connectivity index (χ0v) is 10.3. The van der Waals surface area contributed by atoms with Crippen LogP contribution < -0.4 is 0 Å². The first-order valence-electron chi connectivity index (χ1n) is 5.24. The molecule has 0 fully saturated rings. The lowest BCUT2D eigenvalue weighted by atomic mass is 9.86. The molecule has 5 heteroatoms. The fourth-order valence-corrected chi connectivity index (χ4v) is 1.89. The lowest BCUT2D eigenvalue weighted by Gasteiger charge is -2.22. The number of carbonyl (C=O) groups is 1. The first kappa shape index (κ1) is 13.8. The highest BCUT2D eigenvalue weighted by molar-refractivity contribution is 6.32. The minimum absolute atomic E-state index is 0.0921. The van der Waals surface area contributed by atoms with Gasteiger partial charge in [-0.3, -0.25) is 4.79 Å². The van der Waals surface area contributed by atoms with Crippen LogP contribution in [0.3, 0.4) is 0 Å². The molecule has 0 amide bonds. The Hall–Kier alpha value is -1.26. The molecule has 1 rings (SSSR count). The van der Waals surface area contributed by atoms with Gasteiger partial charge in [-0.05, 0) is 23.6 Å². The van der Waals surface area contributed by atoms with E-state index in [4.69, 9.17) is 16.7 Å². The molecule has 0 aliphatic carbocycles. The largest absolute Gasteiger partial charge is 0.506 e. The molecule has 0 aliphatic rings. The van der Waals surface area contributed by atoms with Gasteiger partial charge in [0.15, 0.2) is 0 Å². The second-order valence-electron chi connectivity index (χ2n) is 4.26. The number of aliphatic hydroxyl groups excluding tert-OH is 1. The third kappa shape index (κ3) is 3.11. The van der Waals surface area contributed by atoms with Gasteiger partial charge in [-0.15, -0.1) is 0 Å². The van der Waals surface area contributed by atoms with E-state index in [1.807, 2.05) is 0 Å². The van der Waals surface area contributed by atoms with Crippen LogP contribution in [0.25, 0.3) is 0 Å². The fourth-order valence-electron chi connectivity index (χ4n) is 1.70. The molecule has 2 unspecified atom stereocenters. The Morgan fingerprint density at radius 1 is 1.35 bits per heavy atom. The van der Waals surface area contributed by atoms with Crippen molar-refractivity contribution in [1.82, 2.24) is 0 Å². The van der Waals surface area contributed by atoms with E-state index in [-0.39, 0.29) is 16.7 Å². The zero-order chi connectivity index (χ0) is 13.2. The van der Waals surface area contributed by atoms with Crippen molar-refractivity contribution in [2.75, 3.05) is 0 Å². The van der Waals surface area contributed by atoms with E-state index in [2.05, 4.69) is 0 Å². The number of aromatic hydroxyl groups is 1. The predicted octanol–water partition coefficient (Wildman–Crippen LogP) is 2.44. The maximum Gasteiger partial charge on any atom is 0.309 e. The average Bonchev–Trinajstić information content (AvgIpc) is 2.20. The molecule has 17 heavy (non-hydrogen) atoms. The first-order chi connectivity index (χ1) is 7.84. The highest BCUT2D eigenvalue weighted by Gasteiger charge is 2.30. The average molecular weight is 259 g/mol. The number of rotatable bonds is 4. The Balaban J connectivity index is 3.05. The highest BCUT2D eigenvalue weighted by atomic mass is 35.5. The van der Waals surface area contributed by atoms with Gasteiger partial charge in [0.2, 0.25) is 0 Å². The molecular formula is C12H15ClO4. The quantitative estimate of drug-likeness (QED) is 0.775. The number of aliphatic carboxylic acids is 1. The van der Waals surface area contributed by atoms with Crippen molar-refractivity contribution in [2.24, 2.45) is 11.8 Å². The van der Waals surface area contributed by atoms with Crippen LogP contribution in [0.4, 0.5) is 0 Å². The van der Waals surface area contributed by atoms with Crippen LogP contribution in [-0.4, -0.2) is 21.3 Å². The third-order valence-electron chi connectivity index (χ3n) is 2.66. The summed E-state index contributed by atoms with van der Waals surface area (Å²) in [6.07, 6.45) is -1.15. The topological polar surface area (TPSA) is 77.8 Å². The van der Waals surface area contributed by atoms with E-state index in [0.29, 0.717) is 5.56 Å². The summed E-state index contributed by atoms with van der Waals surface area (Å²) in [6, 6.07) is 4.17. The number of hydrogen-bond donors (Lipinski definition) is 3. The Bertz CT molecular complexity index is 417. The Morgan fingerprint density at radius 2 is 1.94 bits per heavy atom. The van der Waals surface area contributed by atoms with Crippen molar-refractivity contribution in [1.29, 1.82) is 0 Å². The molecule has 0 bridgehead atoms. The van der Waals surface area contributed by atoms with Crippen LogP contribution in [0, 0.1) is 11.8 Å². The Kier molecular flexibility index (Phi) is 4.37. The minimum Gasteiger partial charge on any atom is -0.506 e. The van der Waals surface area contributed by atoms with Crippen molar-refractivity contribution >= 4 is 17.6 Å². The number of aliphatic hydroxyl groups is 1. The van der Waals surface area contributed by atoms with Crippen LogP contribution in [0.2, 0.25) is 5.02 Å². The predicted molar refractivity (Wildman–Crippen MR) is 64.0 cm³/mol. The van der Waals surface area contributed by atoms with Gasteiger partial charge in [0.05, 0.1) is 17.0 Å². The highest BCUT2D eigenvalue weighted by Crippen LogP contribution is 2.32. The second kappa shape index (κ2) is 5.38. The van der Waals surface area contributed by atoms with Crippen molar-refractivity contribution in [3.8, 4) is 5.75 Å². The number of carboxylic acid groups (broad SMARTS) is 1. The van der Waals surface area contributed by atoms with Gasteiger partial charge in [-0.2, -0.15) is 0 Å². The third-order valence-corrected chi connectivity index (χ3v) is 2.96. The smallest absolute Gasteiger partial charge is 0.309 e. The van der Waals surface area contributed by atoms with E-state index in [1.54, 1.807) is 13.8 Å². The van der Waals surface area contributed by atoms with Crippen LogP contribution in [-0.2, 0) is 4.79 Å². The van der Waals surface area contributed by atoms with Gasteiger partial charge in [0.25, 0.3) is 0 Å². The molecule has 94 valence electrons. The molecule has 0 saturated heterocycles. The van der Waals surface area contributed by atoms with E-state index in [0.717, 1.165) is 0 Å². The molecule has 2 atom stereocenters. The van der Waals surface area contributed by atoms with E-state index < -0.39 is 18.0 Å². The number of halogens is 1. The summed E-state index contributed by atoms with van der Waals surface area (Å²) in [5.41, 5.74) is 0.383. The van der Waals surface area contributed by atoms with Crippen molar-refractivity contribution in [3.63, 3.8) is 0 Å². The monoisotopic (exact) mass is 258 g/mol. The van der Waals surface area contributed by atoms with Gasteiger partial charge >= 0.3 is 5.97 Å². The normalized spacial score (nSPS) is 14.6. The van der Waals surface area contributed by atoms with Gasteiger partial charge in [-0.1, -0.05) is 31.5 Å². The Labute approximate surface area is 104 Å². The standard InChI is InChI=1S/C12H15ClO4/c1-6(2)10(12(16)17)11(15)7-3-4-9(14)8(13)5-7/h3-6,10-11,14-15H,1-2H3,(H,16,17). The van der Waals surface area contributed by atoms with Gasteiger partial charge in [0, 0.05) is 0 Å². The molecule has 0 radical (unpaired) electrons. The van der Waals surface area contributed by atoms with Crippen molar-refractivity contribution < 1.29 is 20.1 Å². The maximum atomic E-state index is 11.1. The Morgan fingerprint density at radius 3 is 2.35 bits per heavy atom. The number of hydrogen-bond acceptors (Lipinski definition) is 3. The number of phenols is 1. The maximum absolute atomic E-state index is 11.1. The summed E-state index contributed by atoms with van der Waals surface area (Å²) >= 11 is 5.71. The number of benzene rings is 1. The lowest BCUT2D eigenvalue weighted by Crippen LogP contribution is -2.26. The summed E-state index contributed by atoms with van der Waals surface area (Å²) in [4.78, 5) is 11.1. The molecule has 1 aromatic rings. The zero-order valence-electron chi connectivity index (χ0n) is 9.59. The molecule has 4 nitrogen and oxygen atoms in total. The van der Waals surface area contributed by atoms with Crippen LogP contribution >= 0.6 is 11.6 Å². The summed E-state index contributed by atoms with van der Waals surface area (Å²) in [5.74, 6) is -2.28. The second-order valence-corrected chi connectivity index (χ2v) is 4.67. The summed E-state index contributed by atoms with van der Waals surface area (Å²) in [7, 11) is 0. The van der Waals surface area contributed by atoms with Crippen LogP contribution in [0.1, 0.15) is 25.5 Å². The van der Waals surface area contributed by atoms with Crippen molar-refractivity contribution in [3.05, 3.63) is 28.8 Å². The van der Waals surface area contributed by atoms with Gasteiger partial charge in [0.1, 0.15) is 5.75 Å². The number of phenolic OH excluding ortho intramolecular Hbond substituents is 1. The fraction of sp³-hybridized carbons (Fsp3) is 0.417. The lowest BCUT2D eigenvalue weighted by molar-refractivity contribution is -0.148. The van der Waals surface area contributed by atoms with Gasteiger partial charge in [-0.25, -0.2) is 0 Å². The molecule has 0 saturated carbocycles. The molecule has 0 heterocycles. The molecule has 0 aromatic heterocycles. The summed E-state index contributed by atoms with van der Waals surface area (Å²) in [5, 5.41) is 28.4. The van der Waals surface area contributed by atoms with Crippen molar-refractivity contribution in [2.45, 2.75) is 20.0 Å². The molecular weight excluding hydrogens is 244 g/mol. The van der Waals surface area contributed by atoms with E-state index >= 15 is 0 Å². The summed E-state index contributed by atoms with van der Waals surface area (Å²) in [6.45, 7) is 3.45. The van der Waals surface area contributed by atoms with E-state index in [1.165, 1.54) is 18.2 Å². The molecule has 3 N–H and O–H groups in total. The minimum atomic E-state index is -1.15. The SMILES string of the molecule is CC(C)C(C(=O)O)C(O)c1ccc(O)c(Cl)c1. The van der Waals surface area contributed by atoms with Crippen LogP contribution in [0.5, 0.6) is 5.75 Å².